The Morgan fingerprint density at radius 1 is 1.35 bits per heavy atom. The van der Waals surface area contributed by atoms with Gasteiger partial charge < -0.3 is 10.6 Å². The van der Waals surface area contributed by atoms with Crippen LogP contribution >= 0.6 is 15.9 Å². The van der Waals surface area contributed by atoms with Gasteiger partial charge in [0.25, 0.3) is 5.91 Å². The molecule has 0 saturated heterocycles. The van der Waals surface area contributed by atoms with Gasteiger partial charge in [0.05, 0.1) is 5.56 Å². The molecule has 0 aliphatic rings. The first kappa shape index (κ1) is 14.2. The second-order valence-corrected chi connectivity index (χ2v) is 5.20. The maximum atomic E-state index is 11.9. The van der Waals surface area contributed by atoms with Crippen LogP contribution in [0.15, 0.2) is 22.7 Å². The first-order chi connectivity index (χ1) is 8.00. The van der Waals surface area contributed by atoms with Gasteiger partial charge in [0.2, 0.25) is 0 Å². The molecule has 4 heteroatoms. The number of hydrogen-bond donors (Lipinski definition) is 2. The molecular formula is C13H19BrN2O. The van der Waals surface area contributed by atoms with E-state index in [0.717, 1.165) is 16.6 Å². The predicted molar refractivity (Wildman–Crippen MR) is 74.4 cm³/mol. The summed E-state index contributed by atoms with van der Waals surface area (Å²) in [7, 11) is 0. The second-order valence-electron chi connectivity index (χ2n) is 4.35. The number of carbonyl (C=O) groups is 1. The van der Waals surface area contributed by atoms with Crippen LogP contribution in [-0.2, 0) is 0 Å². The second kappa shape index (κ2) is 6.77. The largest absolute Gasteiger partial charge is 0.351 e. The van der Waals surface area contributed by atoms with E-state index < -0.39 is 0 Å². The molecule has 0 fully saturated rings. The molecule has 94 valence electrons. The van der Waals surface area contributed by atoms with Crippen LogP contribution in [0, 0.1) is 6.92 Å². The van der Waals surface area contributed by atoms with E-state index in [-0.39, 0.29) is 5.91 Å². The van der Waals surface area contributed by atoms with Crippen molar-refractivity contribution >= 4 is 21.8 Å². The third kappa shape index (κ3) is 4.88. The molecule has 0 aliphatic carbocycles. The number of rotatable bonds is 5. The fourth-order valence-electron chi connectivity index (χ4n) is 1.45. The summed E-state index contributed by atoms with van der Waals surface area (Å²) in [5, 5.41) is 6.14. The van der Waals surface area contributed by atoms with Crippen molar-refractivity contribution in [1.82, 2.24) is 10.6 Å². The SMILES string of the molecule is Cc1ccc(Br)c(C(=O)NCCNC(C)C)c1. The van der Waals surface area contributed by atoms with Gasteiger partial charge in [-0.05, 0) is 35.0 Å². The zero-order valence-electron chi connectivity index (χ0n) is 10.5. The van der Waals surface area contributed by atoms with Crippen LogP contribution in [0.2, 0.25) is 0 Å². The normalized spacial score (nSPS) is 10.6. The van der Waals surface area contributed by atoms with Gasteiger partial charge in [-0.15, -0.1) is 0 Å². The molecule has 1 rings (SSSR count). The van der Waals surface area contributed by atoms with Crippen LogP contribution in [0.3, 0.4) is 0 Å². The van der Waals surface area contributed by atoms with E-state index >= 15 is 0 Å². The lowest BCUT2D eigenvalue weighted by Gasteiger charge is -2.10. The molecule has 1 aromatic rings. The molecule has 0 aromatic heterocycles. The Hall–Kier alpha value is -0.870. The monoisotopic (exact) mass is 298 g/mol. The van der Waals surface area contributed by atoms with Crippen LogP contribution in [0.25, 0.3) is 0 Å². The van der Waals surface area contributed by atoms with E-state index in [2.05, 4.69) is 40.4 Å². The molecular weight excluding hydrogens is 280 g/mol. The van der Waals surface area contributed by atoms with E-state index in [4.69, 9.17) is 0 Å². The summed E-state index contributed by atoms with van der Waals surface area (Å²) < 4.78 is 0.831. The fraction of sp³-hybridized carbons (Fsp3) is 0.462. The number of halogens is 1. The third-order valence-corrected chi connectivity index (χ3v) is 3.02. The molecule has 1 amide bonds. The molecule has 3 nitrogen and oxygen atoms in total. The molecule has 17 heavy (non-hydrogen) atoms. The molecule has 2 N–H and O–H groups in total. The zero-order valence-corrected chi connectivity index (χ0v) is 12.1. The highest BCUT2D eigenvalue weighted by Crippen LogP contribution is 2.17. The molecule has 0 radical (unpaired) electrons. The van der Waals surface area contributed by atoms with Crippen molar-refractivity contribution in [2.24, 2.45) is 0 Å². The first-order valence-electron chi connectivity index (χ1n) is 5.78. The summed E-state index contributed by atoms with van der Waals surface area (Å²) in [6.45, 7) is 7.56. The van der Waals surface area contributed by atoms with Crippen molar-refractivity contribution < 1.29 is 4.79 Å². The van der Waals surface area contributed by atoms with Crippen molar-refractivity contribution in [2.75, 3.05) is 13.1 Å². The summed E-state index contributed by atoms with van der Waals surface area (Å²) in [5.41, 5.74) is 1.77. The van der Waals surface area contributed by atoms with Crippen LogP contribution in [-0.4, -0.2) is 25.0 Å². The minimum absolute atomic E-state index is 0.0360. The molecule has 1 aromatic carbocycles. The summed E-state index contributed by atoms with van der Waals surface area (Å²) >= 11 is 3.39. The highest BCUT2D eigenvalue weighted by molar-refractivity contribution is 9.10. The van der Waals surface area contributed by atoms with Gasteiger partial charge in [-0.1, -0.05) is 25.5 Å². The number of carbonyl (C=O) groups excluding carboxylic acids is 1. The number of aryl methyl sites for hydroxylation is 1. The molecule has 0 spiro atoms. The lowest BCUT2D eigenvalue weighted by Crippen LogP contribution is -2.34. The summed E-state index contributed by atoms with van der Waals surface area (Å²) in [6, 6.07) is 6.20. The topological polar surface area (TPSA) is 41.1 Å². The summed E-state index contributed by atoms with van der Waals surface area (Å²) in [4.78, 5) is 11.9. The van der Waals surface area contributed by atoms with Gasteiger partial charge in [0.1, 0.15) is 0 Å². The number of benzene rings is 1. The Morgan fingerprint density at radius 3 is 2.71 bits per heavy atom. The van der Waals surface area contributed by atoms with Crippen molar-refractivity contribution in [3.05, 3.63) is 33.8 Å². The van der Waals surface area contributed by atoms with E-state index in [1.54, 1.807) is 0 Å². The Kier molecular flexibility index (Phi) is 5.65. The Labute approximate surface area is 111 Å². The average molecular weight is 299 g/mol. The maximum Gasteiger partial charge on any atom is 0.252 e. The molecule has 0 heterocycles. The minimum atomic E-state index is -0.0360. The van der Waals surface area contributed by atoms with E-state index in [9.17, 15) is 4.79 Å². The van der Waals surface area contributed by atoms with Gasteiger partial charge >= 0.3 is 0 Å². The number of amides is 1. The standard InChI is InChI=1S/C13H19BrN2O/c1-9(2)15-6-7-16-13(17)11-8-10(3)4-5-12(11)14/h4-5,8-9,15H,6-7H2,1-3H3,(H,16,17). The predicted octanol–water partition coefficient (Wildman–Crippen LogP) is 2.49. The number of nitrogens with one attached hydrogen (secondary N) is 2. The zero-order chi connectivity index (χ0) is 12.8. The Bertz CT molecular complexity index is 391. The fourth-order valence-corrected chi connectivity index (χ4v) is 1.87. The van der Waals surface area contributed by atoms with E-state index in [0.29, 0.717) is 18.2 Å². The molecule has 0 atom stereocenters. The molecule has 0 unspecified atom stereocenters. The summed E-state index contributed by atoms with van der Waals surface area (Å²) in [6.07, 6.45) is 0. The van der Waals surface area contributed by atoms with Crippen molar-refractivity contribution in [3.8, 4) is 0 Å². The van der Waals surface area contributed by atoms with Crippen LogP contribution in [0.5, 0.6) is 0 Å². The molecule has 0 aliphatic heterocycles. The van der Waals surface area contributed by atoms with Gasteiger partial charge in [0, 0.05) is 23.6 Å². The van der Waals surface area contributed by atoms with Crippen LogP contribution in [0.1, 0.15) is 29.8 Å². The van der Waals surface area contributed by atoms with Gasteiger partial charge in [0.15, 0.2) is 0 Å². The van der Waals surface area contributed by atoms with E-state index in [1.807, 2.05) is 25.1 Å². The van der Waals surface area contributed by atoms with Crippen LogP contribution < -0.4 is 10.6 Å². The van der Waals surface area contributed by atoms with Crippen molar-refractivity contribution in [1.29, 1.82) is 0 Å². The maximum absolute atomic E-state index is 11.9. The molecule has 0 bridgehead atoms. The quantitative estimate of drug-likeness (QED) is 0.820. The molecule has 0 saturated carbocycles. The van der Waals surface area contributed by atoms with Crippen LogP contribution in [0.4, 0.5) is 0 Å². The van der Waals surface area contributed by atoms with Crippen molar-refractivity contribution in [2.45, 2.75) is 26.8 Å². The van der Waals surface area contributed by atoms with E-state index in [1.165, 1.54) is 0 Å². The third-order valence-electron chi connectivity index (χ3n) is 2.33. The highest BCUT2D eigenvalue weighted by Gasteiger charge is 2.09. The lowest BCUT2D eigenvalue weighted by atomic mass is 10.1. The highest BCUT2D eigenvalue weighted by atomic mass is 79.9. The Morgan fingerprint density at radius 2 is 2.06 bits per heavy atom. The number of hydrogen-bond acceptors (Lipinski definition) is 2. The van der Waals surface area contributed by atoms with Gasteiger partial charge in [-0.2, -0.15) is 0 Å². The average Bonchev–Trinajstić information content (AvgIpc) is 2.27. The van der Waals surface area contributed by atoms with Gasteiger partial charge in [-0.3, -0.25) is 4.79 Å². The summed E-state index contributed by atoms with van der Waals surface area (Å²) in [5.74, 6) is -0.0360. The van der Waals surface area contributed by atoms with Gasteiger partial charge in [-0.25, -0.2) is 0 Å². The smallest absolute Gasteiger partial charge is 0.252 e. The lowest BCUT2D eigenvalue weighted by molar-refractivity contribution is 0.0953. The Balaban J connectivity index is 2.49. The van der Waals surface area contributed by atoms with Crippen molar-refractivity contribution in [3.63, 3.8) is 0 Å². The first-order valence-corrected chi connectivity index (χ1v) is 6.57. The minimum Gasteiger partial charge on any atom is -0.351 e.